The monoisotopic (exact) mass is 463 g/mol. The summed E-state index contributed by atoms with van der Waals surface area (Å²) in [5, 5.41) is 24.7. The van der Waals surface area contributed by atoms with E-state index in [4.69, 9.17) is 21.7 Å². The quantitative estimate of drug-likeness (QED) is 0.126. The summed E-state index contributed by atoms with van der Waals surface area (Å²) in [6, 6.07) is -3.57. The van der Waals surface area contributed by atoms with Crippen molar-refractivity contribution in [1.29, 1.82) is 0 Å². The molecule has 0 saturated carbocycles. The molecule has 0 aliphatic rings. The first-order chi connectivity index (χ1) is 14.5. The van der Waals surface area contributed by atoms with E-state index >= 15 is 0 Å². The van der Waals surface area contributed by atoms with Crippen LogP contribution in [0.5, 0.6) is 0 Å². The van der Waals surface area contributed by atoms with Crippen molar-refractivity contribution < 1.29 is 39.0 Å². The number of primary amides is 1. The first-order valence-corrected chi connectivity index (χ1v) is 10.7. The van der Waals surface area contributed by atoms with Crippen molar-refractivity contribution in [3.8, 4) is 0 Å². The van der Waals surface area contributed by atoms with E-state index in [9.17, 15) is 28.8 Å². The zero-order chi connectivity index (χ0) is 24.0. The number of hydrogen-bond donors (Lipinski definition) is 7. The van der Waals surface area contributed by atoms with Gasteiger partial charge < -0.3 is 37.6 Å². The summed E-state index contributed by atoms with van der Waals surface area (Å²) in [7, 11) is 0. The molecule has 0 aromatic carbocycles. The number of nitrogens with one attached hydrogen (secondary N) is 3. The standard InChI is InChI=1S/C17H29N5O8S/c1-31-7-6-11(17(29)30)21-13(24)8-20-16(28)10(3-5-14(25)26)22-15(27)9(18)2-4-12(19)23/h9-11H,2-8,18H2,1H3,(H2,19,23)(H,20,28)(H,21,24)(H,22,27)(H,25,26)(H,29,30). The molecule has 3 unspecified atom stereocenters. The minimum Gasteiger partial charge on any atom is -0.481 e. The van der Waals surface area contributed by atoms with Crippen LogP contribution in [0.1, 0.15) is 32.1 Å². The van der Waals surface area contributed by atoms with Crippen LogP contribution in [0.25, 0.3) is 0 Å². The molecule has 13 nitrogen and oxygen atoms in total. The van der Waals surface area contributed by atoms with Gasteiger partial charge in [-0.25, -0.2) is 4.79 Å². The van der Waals surface area contributed by atoms with Crippen LogP contribution >= 0.6 is 11.8 Å². The summed E-state index contributed by atoms with van der Waals surface area (Å²) in [5.41, 5.74) is 10.6. The third kappa shape index (κ3) is 13.1. The molecule has 0 radical (unpaired) electrons. The van der Waals surface area contributed by atoms with Gasteiger partial charge in [0.25, 0.3) is 0 Å². The van der Waals surface area contributed by atoms with Crippen LogP contribution < -0.4 is 27.4 Å². The molecule has 0 saturated heterocycles. The van der Waals surface area contributed by atoms with E-state index in [1.54, 1.807) is 6.26 Å². The lowest BCUT2D eigenvalue weighted by Gasteiger charge is -2.20. The van der Waals surface area contributed by atoms with E-state index in [0.29, 0.717) is 5.75 Å². The number of thioether (sulfide) groups is 1. The fourth-order valence-electron chi connectivity index (χ4n) is 2.27. The second kappa shape index (κ2) is 15.0. The lowest BCUT2D eigenvalue weighted by atomic mass is 10.1. The first-order valence-electron chi connectivity index (χ1n) is 9.32. The second-order valence-electron chi connectivity index (χ2n) is 6.56. The summed E-state index contributed by atoms with van der Waals surface area (Å²) in [5.74, 6) is -4.98. The zero-order valence-corrected chi connectivity index (χ0v) is 17.9. The molecule has 0 spiro atoms. The minimum absolute atomic E-state index is 0.0660. The Bertz CT molecular complexity index is 675. The molecule has 0 heterocycles. The first kappa shape index (κ1) is 28.1. The summed E-state index contributed by atoms with van der Waals surface area (Å²) in [6.45, 7) is -0.574. The lowest BCUT2D eigenvalue weighted by Crippen LogP contribution is -2.53. The predicted octanol–water partition coefficient (Wildman–Crippen LogP) is -2.63. The topological polar surface area (TPSA) is 231 Å². The van der Waals surface area contributed by atoms with Crippen LogP contribution in [0.4, 0.5) is 0 Å². The van der Waals surface area contributed by atoms with Gasteiger partial charge in [0, 0.05) is 12.8 Å². The molecule has 14 heteroatoms. The van der Waals surface area contributed by atoms with Gasteiger partial charge in [-0.05, 0) is 31.3 Å². The molecule has 0 aromatic heterocycles. The molecule has 0 aliphatic heterocycles. The number of carbonyl (C=O) groups is 6. The lowest BCUT2D eigenvalue weighted by molar-refractivity contribution is -0.141. The fraction of sp³-hybridized carbons (Fsp3) is 0.647. The number of carboxylic acids is 2. The highest BCUT2D eigenvalue weighted by atomic mass is 32.2. The van der Waals surface area contributed by atoms with Crippen LogP contribution in [-0.2, 0) is 28.8 Å². The highest BCUT2D eigenvalue weighted by molar-refractivity contribution is 7.98. The van der Waals surface area contributed by atoms with Crippen LogP contribution in [0, 0.1) is 0 Å². The molecule has 3 atom stereocenters. The van der Waals surface area contributed by atoms with Crippen molar-refractivity contribution >= 4 is 47.3 Å². The van der Waals surface area contributed by atoms with Gasteiger partial charge in [0.1, 0.15) is 12.1 Å². The third-order valence-electron chi connectivity index (χ3n) is 3.99. The van der Waals surface area contributed by atoms with Crippen molar-refractivity contribution in [2.75, 3.05) is 18.6 Å². The fourth-order valence-corrected chi connectivity index (χ4v) is 2.74. The van der Waals surface area contributed by atoms with E-state index in [1.807, 2.05) is 0 Å². The minimum atomic E-state index is -1.30. The molecule has 0 bridgehead atoms. The van der Waals surface area contributed by atoms with Gasteiger partial charge in [0.15, 0.2) is 0 Å². The Morgan fingerprint density at radius 2 is 1.55 bits per heavy atom. The number of amides is 4. The summed E-state index contributed by atoms with van der Waals surface area (Å²) in [6.07, 6.45) is 1.04. The summed E-state index contributed by atoms with van der Waals surface area (Å²) in [4.78, 5) is 69.2. The molecule has 4 amide bonds. The number of hydrogen-bond acceptors (Lipinski definition) is 8. The Morgan fingerprint density at radius 1 is 0.903 bits per heavy atom. The van der Waals surface area contributed by atoms with E-state index < -0.39 is 66.7 Å². The Kier molecular flexibility index (Phi) is 13.6. The Balaban J connectivity index is 4.87. The van der Waals surface area contributed by atoms with E-state index in [0.717, 1.165) is 0 Å². The van der Waals surface area contributed by atoms with Gasteiger partial charge in [-0.1, -0.05) is 0 Å². The van der Waals surface area contributed by atoms with Crippen molar-refractivity contribution in [3.05, 3.63) is 0 Å². The maximum atomic E-state index is 12.3. The third-order valence-corrected chi connectivity index (χ3v) is 4.63. The average molecular weight is 464 g/mol. The van der Waals surface area contributed by atoms with Crippen LogP contribution in [0.3, 0.4) is 0 Å². The van der Waals surface area contributed by atoms with Crippen molar-refractivity contribution in [2.45, 2.75) is 50.2 Å². The second-order valence-corrected chi connectivity index (χ2v) is 7.55. The SMILES string of the molecule is CSCCC(NC(=O)CNC(=O)C(CCC(=O)O)NC(=O)C(N)CCC(N)=O)C(=O)O. The average Bonchev–Trinajstić information content (AvgIpc) is 2.69. The largest absolute Gasteiger partial charge is 0.481 e. The number of nitrogens with two attached hydrogens (primary N) is 2. The van der Waals surface area contributed by atoms with Gasteiger partial charge in [0.2, 0.25) is 23.6 Å². The smallest absolute Gasteiger partial charge is 0.326 e. The molecule has 31 heavy (non-hydrogen) atoms. The van der Waals surface area contributed by atoms with Crippen molar-refractivity contribution in [1.82, 2.24) is 16.0 Å². The van der Waals surface area contributed by atoms with Gasteiger partial charge >= 0.3 is 11.9 Å². The van der Waals surface area contributed by atoms with Crippen LogP contribution in [0.15, 0.2) is 0 Å². The van der Waals surface area contributed by atoms with Gasteiger partial charge in [-0.2, -0.15) is 11.8 Å². The molecule has 176 valence electrons. The number of rotatable bonds is 16. The van der Waals surface area contributed by atoms with Crippen molar-refractivity contribution in [3.63, 3.8) is 0 Å². The molecule has 0 aliphatic carbocycles. The van der Waals surface area contributed by atoms with Gasteiger partial charge in [-0.15, -0.1) is 0 Å². The molecule has 9 N–H and O–H groups in total. The Hall–Kier alpha value is -2.87. The highest BCUT2D eigenvalue weighted by Gasteiger charge is 2.26. The molecular weight excluding hydrogens is 434 g/mol. The van der Waals surface area contributed by atoms with E-state index in [2.05, 4.69) is 16.0 Å². The Morgan fingerprint density at radius 3 is 2.06 bits per heavy atom. The van der Waals surface area contributed by atoms with Gasteiger partial charge in [-0.3, -0.25) is 24.0 Å². The maximum absolute atomic E-state index is 12.3. The van der Waals surface area contributed by atoms with Crippen LogP contribution in [0.2, 0.25) is 0 Å². The maximum Gasteiger partial charge on any atom is 0.326 e. The normalized spacial score (nSPS) is 13.4. The molecule has 0 aromatic rings. The number of aliphatic carboxylic acids is 2. The zero-order valence-electron chi connectivity index (χ0n) is 17.1. The molecule has 0 fully saturated rings. The van der Waals surface area contributed by atoms with Crippen molar-refractivity contribution in [2.24, 2.45) is 11.5 Å². The molecule has 0 rings (SSSR count). The predicted molar refractivity (Wildman–Crippen MR) is 111 cm³/mol. The summed E-state index contributed by atoms with van der Waals surface area (Å²) >= 11 is 1.41. The van der Waals surface area contributed by atoms with E-state index in [-0.39, 0.29) is 25.7 Å². The summed E-state index contributed by atoms with van der Waals surface area (Å²) < 4.78 is 0. The molecular formula is C17H29N5O8S. The van der Waals surface area contributed by atoms with E-state index in [1.165, 1.54) is 11.8 Å². The number of carboxylic acid groups (broad SMARTS) is 2. The number of carbonyl (C=O) groups excluding carboxylic acids is 4. The van der Waals surface area contributed by atoms with Crippen LogP contribution in [-0.4, -0.2) is 82.5 Å². The Labute approximate surface area is 183 Å². The highest BCUT2D eigenvalue weighted by Crippen LogP contribution is 2.02. The van der Waals surface area contributed by atoms with Gasteiger partial charge in [0.05, 0.1) is 12.6 Å².